The van der Waals surface area contributed by atoms with Crippen molar-refractivity contribution >= 4 is 23.6 Å². The molecule has 1 aliphatic rings. The summed E-state index contributed by atoms with van der Waals surface area (Å²) in [4.78, 5) is 52.1. The fourth-order valence-corrected chi connectivity index (χ4v) is 3.96. The van der Waals surface area contributed by atoms with Gasteiger partial charge in [0.15, 0.2) is 0 Å². The number of halogens is 1. The number of amides is 4. The molecule has 0 aliphatic carbocycles. The molecule has 1 aliphatic heterocycles. The number of ether oxygens (including phenoxy) is 2. The molecule has 4 amide bonds. The van der Waals surface area contributed by atoms with Gasteiger partial charge in [-0.1, -0.05) is 26.0 Å². The number of nitrogens with one attached hydrogen (secondary N) is 4. The molecular formula is C28H35FN4O6. The van der Waals surface area contributed by atoms with Crippen molar-refractivity contribution in [2.45, 2.75) is 51.7 Å². The highest BCUT2D eigenvalue weighted by molar-refractivity contribution is 6.01. The van der Waals surface area contributed by atoms with Gasteiger partial charge in [-0.25, -0.2) is 4.39 Å². The van der Waals surface area contributed by atoms with E-state index in [0.29, 0.717) is 12.2 Å². The molecule has 0 aromatic heterocycles. The Bertz CT molecular complexity index is 1160. The molecule has 10 nitrogen and oxygen atoms in total. The maximum Gasteiger partial charge on any atom is 0.255 e. The van der Waals surface area contributed by atoms with E-state index >= 15 is 0 Å². The highest BCUT2D eigenvalue weighted by atomic mass is 19.1. The van der Waals surface area contributed by atoms with Crippen LogP contribution in [0.15, 0.2) is 48.5 Å². The lowest BCUT2D eigenvalue weighted by atomic mass is 10.0. The first-order valence-electron chi connectivity index (χ1n) is 12.9. The van der Waals surface area contributed by atoms with Crippen molar-refractivity contribution in [2.75, 3.05) is 19.8 Å². The van der Waals surface area contributed by atoms with Crippen LogP contribution >= 0.6 is 0 Å². The first-order chi connectivity index (χ1) is 18.6. The molecule has 0 saturated carbocycles. The summed E-state index contributed by atoms with van der Waals surface area (Å²) >= 11 is 0. The topological polar surface area (TPSA) is 135 Å². The number of benzene rings is 2. The molecule has 0 radical (unpaired) electrons. The van der Waals surface area contributed by atoms with Crippen LogP contribution in [0.25, 0.3) is 0 Å². The molecule has 0 bridgehead atoms. The summed E-state index contributed by atoms with van der Waals surface area (Å²) in [6.45, 7) is 5.87. The first kappa shape index (κ1) is 29.4. The van der Waals surface area contributed by atoms with E-state index in [-0.39, 0.29) is 42.9 Å². The Morgan fingerprint density at radius 2 is 1.79 bits per heavy atom. The highest BCUT2D eigenvalue weighted by Crippen LogP contribution is 2.19. The zero-order valence-electron chi connectivity index (χ0n) is 22.3. The second kappa shape index (κ2) is 14.1. The minimum atomic E-state index is -1.24. The van der Waals surface area contributed by atoms with E-state index in [2.05, 4.69) is 21.3 Å². The molecule has 0 fully saturated rings. The Hall–Kier alpha value is -4.15. The lowest BCUT2D eigenvalue weighted by molar-refractivity contribution is -0.131. The van der Waals surface area contributed by atoms with E-state index < -0.39 is 48.1 Å². The average Bonchev–Trinajstić information content (AvgIpc) is 2.89. The van der Waals surface area contributed by atoms with Crippen molar-refractivity contribution in [2.24, 2.45) is 5.92 Å². The van der Waals surface area contributed by atoms with Crippen LogP contribution in [0.1, 0.15) is 44.0 Å². The third-order valence-electron chi connectivity index (χ3n) is 5.86. The van der Waals surface area contributed by atoms with Crippen LogP contribution in [-0.2, 0) is 14.4 Å². The molecular weight excluding hydrogens is 507 g/mol. The van der Waals surface area contributed by atoms with Crippen LogP contribution in [0.3, 0.4) is 0 Å². The van der Waals surface area contributed by atoms with Crippen molar-refractivity contribution in [3.05, 3.63) is 59.9 Å². The predicted octanol–water partition coefficient (Wildman–Crippen LogP) is 1.94. The second-order valence-corrected chi connectivity index (χ2v) is 9.79. The standard InChI is InChI=1S/C28H35FN4O6/c1-17(2)14-22-28(37)31-18(3)16-39-24-7-5-4-6-21(24)26(35)33-23(15-25(34)32-22)27(36)30-12-13-38-20-10-8-19(29)9-11-20/h4-11,17-18,22-23H,12-16H2,1-3H3,(H,30,36)(H,31,37)(H,32,34)(H,33,35)/t18-,22+,23+/m1/s1. The summed E-state index contributed by atoms with van der Waals surface area (Å²) in [7, 11) is 0. The summed E-state index contributed by atoms with van der Waals surface area (Å²) in [6, 6.07) is 9.51. The predicted molar refractivity (Wildman–Crippen MR) is 142 cm³/mol. The van der Waals surface area contributed by atoms with Crippen LogP contribution in [0, 0.1) is 11.7 Å². The molecule has 3 rings (SSSR count). The number of para-hydroxylation sites is 1. The largest absolute Gasteiger partial charge is 0.492 e. The van der Waals surface area contributed by atoms with Gasteiger partial charge in [0.2, 0.25) is 17.7 Å². The molecule has 0 unspecified atom stereocenters. The van der Waals surface area contributed by atoms with Gasteiger partial charge in [-0.3, -0.25) is 19.2 Å². The fraction of sp³-hybridized carbons (Fsp3) is 0.429. The third kappa shape index (κ3) is 9.27. The molecule has 3 atom stereocenters. The van der Waals surface area contributed by atoms with E-state index in [9.17, 15) is 23.6 Å². The lowest BCUT2D eigenvalue weighted by Crippen LogP contribution is -2.54. The summed E-state index contributed by atoms with van der Waals surface area (Å²) in [5.74, 6) is -1.69. The third-order valence-corrected chi connectivity index (χ3v) is 5.86. The summed E-state index contributed by atoms with van der Waals surface area (Å²) < 4.78 is 24.4. The fourth-order valence-electron chi connectivity index (χ4n) is 3.96. The average molecular weight is 543 g/mol. The van der Waals surface area contributed by atoms with Crippen molar-refractivity contribution in [3.63, 3.8) is 0 Å². The van der Waals surface area contributed by atoms with E-state index in [0.717, 1.165) is 0 Å². The Kier molecular flexibility index (Phi) is 10.7. The van der Waals surface area contributed by atoms with Crippen LogP contribution in [-0.4, -0.2) is 61.5 Å². The molecule has 2 aromatic carbocycles. The van der Waals surface area contributed by atoms with Gasteiger partial charge in [0.1, 0.15) is 42.6 Å². The maximum absolute atomic E-state index is 13.2. The van der Waals surface area contributed by atoms with Crippen molar-refractivity contribution in [1.29, 1.82) is 0 Å². The Labute approximate surface area is 227 Å². The van der Waals surface area contributed by atoms with Gasteiger partial charge in [-0.05, 0) is 55.7 Å². The molecule has 39 heavy (non-hydrogen) atoms. The van der Waals surface area contributed by atoms with Crippen molar-refractivity contribution in [1.82, 2.24) is 21.3 Å². The van der Waals surface area contributed by atoms with E-state index in [1.807, 2.05) is 13.8 Å². The van der Waals surface area contributed by atoms with Gasteiger partial charge in [0, 0.05) is 0 Å². The van der Waals surface area contributed by atoms with Gasteiger partial charge in [0.25, 0.3) is 5.91 Å². The zero-order chi connectivity index (χ0) is 28.4. The van der Waals surface area contributed by atoms with Crippen LogP contribution in [0.5, 0.6) is 11.5 Å². The zero-order valence-corrected chi connectivity index (χ0v) is 22.3. The van der Waals surface area contributed by atoms with Crippen LogP contribution in [0.4, 0.5) is 4.39 Å². The number of rotatable bonds is 7. The van der Waals surface area contributed by atoms with Gasteiger partial charge in [-0.15, -0.1) is 0 Å². The summed E-state index contributed by atoms with van der Waals surface area (Å²) in [5.41, 5.74) is 0.184. The van der Waals surface area contributed by atoms with E-state index in [1.54, 1.807) is 31.2 Å². The maximum atomic E-state index is 13.2. The summed E-state index contributed by atoms with van der Waals surface area (Å²) in [6.07, 6.45) is -0.00518. The number of hydrogen-bond acceptors (Lipinski definition) is 6. The Morgan fingerprint density at radius 3 is 2.51 bits per heavy atom. The molecule has 2 aromatic rings. The second-order valence-electron chi connectivity index (χ2n) is 9.79. The number of carbonyl (C=O) groups is 4. The smallest absolute Gasteiger partial charge is 0.255 e. The molecule has 11 heteroatoms. The molecule has 210 valence electrons. The van der Waals surface area contributed by atoms with Gasteiger partial charge >= 0.3 is 0 Å². The van der Waals surface area contributed by atoms with E-state index in [1.165, 1.54) is 24.3 Å². The Morgan fingerprint density at radius 1 is 1.08 bits per heavy atom. The van der Waals surface area contributed by atoms with Crippen LogP contribution < -0.4 is 30.7 Å². The van der Waals surface area contributed by atoms with Gasteiger partial charge in [0.05, 0.1) is 24.6 Å². The number of carbonyl (C=O) groups excluding carboxylic acids is 4. The lowest BCUT2D eigenvalue weighted by Gasteiger charge is -2.25. The van der Waals surface area contributed by atoms with Crippen LogP contribution in [0.2, 0.25) is 0 Å². The summed E-state index contributed by atoms with van der Waals surface area (Å²) in [5, 5.41) is 10.8. The van der Waals surface area contributed by atoms with E-state index in [4.69, 9.17) is 9.47 Å². The minimum Gasteiger partial charge on any atom is -0.492 e. The number of hydrogen-bond donors (Lipinski definition) is 4. The Balaban J connectivity index is 1.76. The monoisotopic (exact) mass is 542 g/mol. The van der Waals surface area contributed by atoms with Crippen molar-refractivity contribution in [3.8, 4) is 11.5 Å². The molecule has 4 N–H and O–H groups in total. The van der Waals surface area contributed by atoms with Gasteiger partial charge < -0.3 is 30.7 Å². The highest BCUT2D eigenvalue weighted by Gasteiger charge is 2.29. The molecule has 0 spiro atoms. The minimum absolute atomic E-state index is 0.0696. The first-order valence-corrected chi connectivity index (χ1v) is 12.9. The molecule has 1 heterocycles. The molecule has 0 saturated heterocycles. The number of fused-ring (bicyclic) bond motifs is 1. The van der Waals surface area contributed by atoms with Crippen molar-refractivity contribution < 1.29 is 33.0 Å². The quantitative estimate of drug-likeness (QED) is 0.395. The normalized spacial score (nSPS) is 20.4. The SMILES string of the molecule is CC(C)C[C@@H]1NC(=O)C[C@@H](C(=O)NCCOc2ccc(F)cc2)NC(=O)c2ccccc2OC[C@@H](C)NC1=O. The van der Waals surface area contributed by atoms with Gasteiger partial charge in [-0.2, -0.15) is 0 Å².